The standard InChI is InChI=1S/C24H28ClFN4O2/c25-17-11-16(5-6-18(17)26)22-21(23(27)32)19-14-29(9-10-30(19)28-22)20(31)13-24-7-1-3-15(12-24)4-2-8-24/h5-6,11,15H,1-4,7-10,12-14H2,(H2,27,32). The van der Waals surface area contributed by atoms with E-state index >= 15 is 0 Å². The van der Waals surface area contributed by atoms with Gasteiger partial charge >= 0.3 is 0 Å². The van der Waals surface area contributed by atoms with Gasteiger partial charge in [0, 0.05) is 18.5 Å². The van der Waals surface area contributed by atoms with Gasteiger partial charge in [0.25, 0.3) is 5.91 Å². The zero-order chi connectivity index (χ0) is 22.5. The van der Waals surface area contributed by atoms with E-state index in [0.717, 1.165) is 18.8 Å². The topological polar surface area (TPSA) is 81.2 Å². The summed E-state index contributed by atoms with van der Waals surface area (Å²) in [6, 6.07) is 4.23. The van der Waals surface area contributed by atoms with Crippen molar-refractivity contribution in [3.63, 3.8) is 0 Å². The lowest BCUT2D eigenvalue weighted by atomic mass is 9.60. The molecule has 6 nitrogen and oxygen atoms in total. The molecule has 1 aromatic heterocycles. The molecule has 2 heterocycles. The summed E-state index contributed by atoms with van der Waals surface area (Å²) in [6.45, 7) is 1.35. The minimum atomic E-state index is -0.614. The number of fused-ring (bicyclic) bond motifs is 3. The van der Waals surface area contributed by atoms with E-state index in [9.17, 15) is 14.0 Å². The van der Waals surface area contributed by atoms with Crippen molar-refractivity contribution in [2.75, 3.05) is 6.54 Å². The average Bonchev–Trinajstić information content (AvgIpc) is 3.14. The lowest BCUT2D eigenvalue weighted by Crippen LogP contribution is -2.43. The number of hydrogen-bond acceptors (Lipinski definition) is 3. The van der Waals surface area contributed by atoms with Crippen LogP contribution in [0.5, 0.6) is 0 Å². The van der Waals surface area contributed by atoms with E-state index in [1.165, 1.54) is 50.3 Å². The molecule has 3 aliphatic rings. The average molecular weight is 459 g/mol. The normalized spacial score (nSPS) is 24.8. The van der Waals surface area contributed by atoms with Crippen molar-refractivity contribution in [1.82, 2.24) is 14.7 Å². The monoisotopic (exact) mass is 458 g/mol. The number of nitrogens with zero attached hydrogens (tertiary/aromatic N) is 3. The van der Waals surface area contributed by atoms with Crippen LogP contribution in [0.4, 0.5) is 4.39 Å². The van der Waals surface area contributed by atoms with E-state index < -0.39 is 11.7 Å². The third-order valence-corrected chi connectivity index (χ3v) is 7.95. The van der Waals surface area contributed by atoms with Crippen LogP contribution in [0.2, 0.25) is 5.02 Å². The summed E-state index contributed by atoms with van der Waals surface area (Å²) in [6.07, 6.45) is 9.09. The van der Waals surface area contributed by atoms with Gasteiger partial charge in [0.05, 0.1) is 29.4 Å². The van der Waals surface area contributed by atoms with Crippen molar-refractivity contribution in [3.05, 3.63) is 40.3 Å². The molecule has 2 aliphatic carbocycles. The Morgan fingerprint density at radius 1 is 1.22 bits per heavy atom. The Morgan fingerprint density at radius 2 is 1.97 bits per heavy atom. The molecule has 2 N–H and O–H groups in total. The first-order valence-electron chi connectivity index (χ1n) is 11.5. The zero-order valence-corrected chi connectivity index (χ0v) is 18.8. The Labute approximate surface area is 191 Å². The summed E-state index contributed by atoms with van der Waals surface area (Å²) in [4.78, 5) is 27.5. The van der Waals surface area contributed by atoms with Gasteiger partial charge in [-0.2, -0.15) is 5.10 Å². The van der Waals surface area contributed by atoms with E-state index in [-0.39, 0.29) is 21.9 Å². The number of carbonyl (C=O) groups is 2. The summed E-state index contributed by atoms with van der Waals surface area (Å²) >= 11 is 5.94. The number of carbonyl (C=O) groups excluding carboxylic acids is 2. The summed E-state index contributed by atoms with van der Waals surface area (Å²) < 4.78 is 15.4. The molecule has 0 saturated heterocycles. The summed E-state index contributed by atoms with van der Waals surface area (Å²) in [7, 11) is 0. The number of halogens is 2. The number of benzene rings is 1. The van der Waals surface area contributed by atoms with Crippen molar-refractivity contribution in [2.45, 2.75) is 64.5 Å². The Kier molecular flexibility index (Phi) is 5.48. The van der Waals surface area contributed by atoms with Crippen LogP contribution in [-0.2, 0) is 17.9 Å². The van der Waals surface area contributed by atoms with Crippen molar-refractivity contribution >= 4 is 23.4 Å². The zero-order valence-electron chi connectivity index (χ0n) is 18.1. The quantitative estimate of drug-likeness (QED) is 0.730. The van der Waals surface area contributed by atoms with Gasteiger partial charge in [-0.05, 0) is 48.8 Å². The molecule has 170 valence electrons. The van der Waals surface area contributed by atoms with Gasteiger partial charge in [-0.25, -0.2) is 4.39 Å². The fourth-order valence-corrected chi connectivity index (χ4v) is 6.32. The molecule has 2 saturated carbocycles. The molecule has 0 spiro atoms. The minimum absolute atomic E-state index is 0.0433. The molecule has 2 bridgehead atoms. The van der Waals surface area contributed by atoms with E-state index in [2.05, 4.69) is 5.10 Å². The predicted octanol–water partition coefficient (Wildman–Crippen LogP) is 4.53. The molecular formula is C24H28ClFN4O2. The SMILES string of the molecule is NC(=O)c1c(-c2ccc(F)c(Cl)c2)nn2c1CN(C(=O)CC13CCCC(CCC1)C3)CC2. The summed E-state index contributed by atoms with van der Waals surface area (Å²) in [5.74, 6) is -0.220. The van der Waals surface area contributed by atoms with Crippen LogP contribution in [0.1, 0.15) is 67.4 Å². The van der Waals surface area contributed by atoms with Gasteiger partial charge in [0.15, 0.2) is 0 Å². The van der Waals surface area contributed by atoms with E-state index in [1.54, 1.807) is 4.68 Å². The molecule has 0 atom stereocenters. The molecular weight excluding hydrogens is 431 g/mol. The van der Waals surface area contributed by atoms with E-state index in [0.29, 0.717) is 43.0 Å². The van der Waals surface area contributed by atoms with Crippen LogP contribution in [0.25, 0.3) is 11.3 Å². The Hall–Kier alpha value is -2.41. The van der Waals surface area contributed by atoms with E-state index in [1.807, 2.05) is 4.90 Å². The number of rotatable bonds is 4. The molecule has 1 aromatic carbocycles. The lowest BCUT2D eigenvalue weighted by Gasteiger charge is -2.46. The number of aromatic nitrogens is 2. The van der Waals surface area contributed by atoms with Gasteiger partial charge in [-0.1, -0.05) is 37.3 Å². The first kappa shape index (κ1) is 21.4. The van der Waals surface area contributed by atoms with Gasteiger partial charge in [-0.15, -0.1) is 0 Å². The molecule has 0 unspecified atom stereocenters. The number of amides is 2. The molecule has 8 heteroatoms. The largest absolute Gasteiger partial charge is 0.365 e. The van der Waals surface area contributed by atoms with Gasteiger partial charge in [-0.3, -0.25) is 14.3 Å². The van der Waals surface area contributed by atoms with Crippen molar-refractivity contribution in [2.24, 2.45) is 17.1 Å². The van der Waals surface area contributed by atoms with Crippen LogP contribution in [-0.4, -0.2) is 33.0 Å². The number of primary amides is 1. The number of nitrogens with two attached hydrogens (primary N) is 1. The van der Waals surface area contributed by atoms with Crippen LogP contribution >= 0.6 is 11.6 Å². The van der Waals surface area contributed by atoms with Crippen LogP contribution in [0, 0.1) is 17.2 Å². The maximum Gasteiger partial charge on any atom is 0.252 e. The Morgan fingerprint density at radius 3 is 2.66 bits per heavy atom. The molecule has 2 aromatic rings. The second-order valence-corrected chi connectivity index (χ2v) is 10.1. The lowest BCUT2D eigenvalue weighted by molar-refractivity contribution is -0.137. The smallest absolute Gasteiger partial charge is 0.252 e. The van der Waals surface area contributed by atoms with Crippen LogP contribution < -0.4 is 5.73 Å². The predicted molar refractivity (Wildman–Crippen MR) is 119 cm³/mol. The fourth-order valence-electron chi connectivity index (χ4n) is 6.14. The molecule has 1 aliphatic heterocycles. The first-order valence-corrected chi connectivity index (χ1v) is 11.9. The maximum absolute atomic E-state index is 13.6. The minimum Gasteiger partial charge on any atom is -0.365 e. The molecule has 2 fully saturated rings. The third kappa shape index (κ3) is 3.81. The number of hydrogen-bond donors (Lipinski definition) is 1. The fraction of sp³-hybridized carbons (Fsp3) is 0.542. The maximum atomic E-state index is 13.6. The highest BCUT2D eigenvalue weighted by Crippen LogP contribution is 2.51. The molecule has 0 radical (unpaired) electrons. The highest BCUT2D eigenvalue weighted by Gasteiger charge is 2.42. The van der Waals surface area contributed by atoms with Gasteiger partial charge in [0.1, 0.15) is 11.5 Å². The van der Waals surface area contributed by atoms with Gasteiger partial charge in [0.2, 0.25) is 5.91 Å². The Bertz CT molecular complexity index is 1070. The van der Waals surface area contributed by atoms with Crippen LogP contribution in [0.3, 0.4) is 0 Å². The molecule has 32 heavy (non-hydrogen) atoms. The highest BCUT2D eigenvalue weighted by molar-refractivity contribution is 6.31. The second-order valence-electron chi connectivity index (χ2n) is 9.73. The highest BCUT2D eigenvalue weighted by atomic mass is 35.5. The van der Waals surface area contributed by atoms with Crippen molar-refractivity contribution < 1.29 is 14.0 Å². The summed E-state index contributed by atoms with van der Waals surface area (Å²) in [5, 5.41) is 4.52. The van der Waals surface area contributed by atoms with Crippen molar-refractivity contribution in [1.29, 1.82) is 0 Å². The van der Waals surface area contributed by atoms with Gasteiger partial charge < -0.3 is 10.6 Å². The van der Waals surface area contributed by atoms with Crippen molar-refractivity contribution in [3.8, 4) is 11.3 Å². The van der Waals surface area contributed by atoms with E-state index in [4.69, 9.17) is 17.3 Å². The summed E-state index contributed by atoms with van der Waals surface area (Å²) in [5.41, 5.74) is 7.69. The second kappa shape index (κ2) is 8.18. The Balaban J connectivity index is 1.40. The first-order chi connectivity index (χ1) is 15.3. The van der Waals surface area contributed by atoms with Crippen LogP contribution in [0.15, 0.2) is 18.2 Å². The molecule has 2 amide bonds. The third-order valence-electron chi connectivity index (χ3n) is 7.66. The molecule has 5 rings (SSSR count).